The lowest BCUT2D eigenvalue weighted by atomic mass is 10.1. The fourth-order valence-corrected chi connectivity index (χ4v) is 2.78. The Kier molecular flexibility index (Phi) is 3.95. The third kappa shape index (κ3) is 2.67. The SMILES string of the molecule is CCCn1c(-c2cccc(CN)c2)nc2cc(Cl)ccc21. The molecule has 0 unspecified atom stereocenters. The summed E-state index contributed by atoms with van der Waals surface area (Å²) in [6.45, 7) is 3.63. The smallest absolute Gasteiger partial charge is 0.141 e. The molecule has 0 bridgehead atoms. The highest BCUT2D eigenvalue weighted by atomic mass is 35.5. The Labute approximate surface area is 129 Å². The van der Waals surface area contributed by atoms with Crippen molar-refractivity contribution in [3.05, 3.63) is 53.1 Å². The van der Waals surface area contributed by atoms with E-state index in [0.717, 1.165) is 41.0 Å². The maximum atomic E-state index is 6.09. The van der Waals surface area contributed by atoms with Crippen LogP contribution >= 0.6 is 11.6 Å². The first kappa shape index (κ1) is 14.1. The molecule has 0 atom stereocenters. The first-order valence-corrected chi connectivity index (χ1v) is 7.56. The minimum Gasteiger partial charge on any atom is -0.326 e. The molecule has 2 aromatic carbocycles. The van der Waals surface area contributed by atoms with E-state index < -0.39 is 0 Å². The van der Waals surface area contributed by atoms with Crippen LogP contribution in [0.4, 0.5) is 0 Å². The molecule has 0 fully saturated rings. The lowest BCUT2D eigenvalue weighted by molar-refractivity contribution is 0.704. The van der Waals surface area contributed by atoms with Crippen LogP contribution in [-0.2, 0) is 13.1 Å². The van der Waals surface area contributed by atoms with E-state index in [2.05, 4.69) is 23.6 Å². The predicted molar refractivity (Wildman–Crippen MR) is 88.4 cm³/mol. The number of benzene rings is 2. The minimum absolute atomic E-state index is 0.535. The molecule has 0 spiro atoms. The van der Waals surface area contributed by atoms with Crippen molar-refractivity contribution in [3.8, 4) is 11.4 Å². The van der Waals surface area contributed by atoms with Crippen molar-refractivity contribution in [2.45, 2.75) is 26.4 Å². The Balaban J connectivity index is 2.22. The summed E-state index contributed by atoms with van der Waals surface area (Å²) in [5.74, 6) is 0.976. The molecule has 0 radical (unpaired) electrons. The van der Waals surface area contributed by atoms with E-state index >= 15 is 0 Å². The molecule has 4 heteroatoms. The molecule has 0 aliphatic rings. The summed E-state index contributed by atoms with van der Waals surface area (Å²) in [4.78, 5) is 4.78. The van der Waals surface area contributed by atoms with Gasteiger partial charge in [0.05, 0.1) is 11.0 Å². The average Bonchev–Trinajstić information content (AvgIpc) is 2.85. The van der Waals surface area contributed by atoms with E-state index in [0.29, 0.717) is 11.6 Å². The highest BCUT2D eigenvalue weighted by molar-refractivity contribution is 6.31. The fourth-order valence-electron chi connectivity index (χ4n) is 2.61. The van der Waals surface area contributed by atoms with E-state index in [4.69, 9.17) is 22.3 Å². The quantitative estimate of drug-likeness (QED) is 0.783. The van der Waals surface area contributed by atoms with Crippen molar-refractivity contribution in [2.24, 2.45) is 5.73 Å². The van der Waals surface area contributed by atoms with Gasteiger partial charge in [0.15, 0.2) is 0 Å². The molecule has 1 aromatic heterocycles. The molecule has 0 aliphatic carbocycles. The van der Waals surface area contributed by atoms with Crippen LogP contribution in [0.15, 0.2) is 42.5 Å². The van der Waals surface area contributed by atoms with Gasteiger partial charge >= 0.3 is 0 Å². The fraction of sp³-hybridized carbons (Fsp3) is 0.235. The van der Waals surface area contributed by atoms with Gasteiger partial charge < -0.3 is 10.3 Å². The molecular weight excluding hydrogens is 282 g/mol. The summed E-state index contributed by atoms with van der Waals surface area (Å²) < 4.78 is 2.25. The monoisotopic (exact) mass is 299 g/mol. The number of imidazole rings is 1. The van der Waals surface area contributed by atoms with Gasteiger partial charge in [-0.3, -0.25) is 0 Å². The van der Waals surface area contributed by atoms with E-state index in [-0.39, 0.29) is 0 Å². The zero-order chi connectivity index (χ0) is 14.8. The number of fused-ring (bicyclic) bond motifs is 1. The molecule has 3 aromatic rings. The van der Waals surface area contributed by atoms with Gasteiger partial charge in [-0.25, -0.2) is 4.98 Å². The second kappa shape index (κ2) is 5.88. The molecule has 0 saturated heterocycles. The second-order valence-electron chi connectivity index (χ2n) is 5.12. The Hall–Kier alpha value is -1.84. The molecule has 1 heterocycles. The summed E-state index contributed by atoms with van der Waals surface area (Å²) in [6.07, 6.45) is 1.05. The largest absolute Gasteiger partial charge is 0.326 e. The molecule has 0 aliphatic heterocycles. The lowest BCUT2D eigenvalue weighted by Gasteiger charge is -2.08. The second-order valence-corrected chi connectivity index (χ2v) is 5.56. The van der Waals surface area contributed by atoms with Crippen molar-refractivity contribution in [2.75, 3.05) is 0 Å². The molecule has 3 nitrogen and oxygen atoms in total. The number of nitrogens with two attached hydrogens (primary N) is 1. The van der Waals surface area contributed by atoms with E-state index in [1.165, 1.54) is 0 Å². The number of halogens is 1. The molecular formula is C17H18ClN3. The molecule has 3 rings (SSSR count). The van der Waals surface area contributed by atoms with Crippen molar-refractivity contribution in [1.82, 2.24) is 9.55 Å². The van der Waals surface area contributed by atoms with Crippen LogP contribution in [0, 0.1) is 0 Å². The summed E-state index contributed by atoms with van der Waals surface area (Å²) >= 11 is 6.09. The number of hydrogen-bond donors (Lipinski definition) is 1. The Morgan fingerprint density at radius 2 is 2.05 bits per heavy atom. The predicted octanol–water partition coefficient (Wildman–Crippen LogP) is 4.23. The lowest BCUT2D eigenvalue weighted by Crippen LogP contribution is -2.01. The van der Waals surface area contributed by atoms with Crippen LogP contribution in [0.3, 0.4) is 0 Å². The summed E-state index contributed by atoms with van der Waals surface area (Å²) in [6, 6.07) is 14.1. The van der Waals surface area contributed by atoms with Crippen LogP contribution in [0.1, 0.15) is 18.9 Å². The number of aromatic nitrogens is 2. The maximum Gasteiger partial charge on any atom is 0.141 e. The van der Waals surface area contributed by atoms with Gasteiger partial charge in [0.2, 0.25) is 0 Å². The number of aryl methyl sites for hydroxylation is 1. The third-order valence-electron chi connectivity index (χ3n) is 3.58. The standard InChI is InChI=1S/C17H18ClN3/c1-2-8-21-16-7-6-14(18)10-15(16)20-17(21)13-5-3-4-12(9-13)11-19/h3-7,9-10H,2,8,11,19H2,1H3. The highest BCUT2D eigenvalue weighted by Crippen LogP contribution is 2.27. The van der Waals surface area contributed by atoms with Gasteiger partial charge in [0.1, 0.15) is 5.82 Å². The summed E-state index contributed by atoms with van der Waals surface area (Å²) in [7, 11) is 0. The Morgan fingerprint density at radius 1 is 1.19 bits per heavy atom. The first-order chi connectivity index (χ1) is 10.2. The zero-order valence-corrected chi connectivity index (χ0v) is 12.8. The number of rotatable bonds is 4. The highest BCUT2D eigenvalue weighted by Gasteiger charge is 2.12. The van der Waals surface area contributed by atoms with Crippen molar-refractivity contribution >= 4 is 22.6 Å². The van der Waals surface area contributed by atoms with Crippen LogP contribution in [-0.4, -0.2) is 9.55 Å². The van der Waals surface area contributed by atoms with Gasteiger partial charge in [0.25, 0.3) is 0 Å². The van der Waals surface area contributed by atoms with Crippen molar-refractivity contribution in [3.63, 3.8) is 0 Å². The maximum absolute atomic E-state index is 6.09. The molecule has 2 N–H and O–H groups in total. The molecule has 108 valence electrons. The number of hydrogen-bond acceptors (Lipinski definition) is 2. The van der Waals surface area contributed by atoms with E-state index in [9.17, 15) is 0 Å². The van der Waals surface area contributed by atoms with Crippen molar-refractivity contribution < 1.29 is 0 Å². The molecule has 21 heavy (non-hydrogen) atoms. The topological polar surface area (TPSA) is 43.8 Å². The van der Waals surface area contributed by atoms with E-state index in [1.54, 1.807) is 0 Å². The summed E-state index contributed by atoms with van der Waals surface area (Å²) in [5.41, 5.74) is 10.0. The van der Waals surface area contributed by atoms with Gasteiger partial charge in [-0.1, -0.05) is 36.7 Å². The summed E-state index contributed by atoms with van der Waals surface area (Å²) in [5, 5.41) is 0.714. The number of nitrogens with zero attached hydrogens (tertiary/aromatic N) is 2. The van der Waals surface area contributed by atoms with Crippen LogP contribution in [0.2, 0.25) is 5.02 Å². The Bertz CT molecular complexity index is 777. The normalized spacial score (nSPS) is 11.2. The molecule has 0 amide bonds. The zero-order valence-electron chi connectivity index (χ0n) is 12.0. The van der Waals surface area contributed by atoms with Gasteiger partial charge in [-0.2, -0.15) is 0 Å². The van der Waals surface area contributed by atoms with Gasteiger partial charge in [-0.05, 0) is 36.2 Å². The average molecular weight is 300 g/mol. The third-order valence-corrected chi connectivity index (χ3v) is 3.81. The molecule has 0 saturated carbocycles. The van der Waals surface area contributed by atoms with Crippen LogP contribution < -0.4 is 5.73 Å². The minimum atomic E-state index is 0.535. The Morgan fingerprint density at radius 3 is 2.81 bits per heavy atom. The van der Waals surface area contributed by atoms with Crippen LogP contribution in [0.5, 0.6) is 0 Å². The van der Waals surface area contributed by atoms with Gasteiger partial charge in [-0.15, -0.1) is 0 Å². The first-order valence-electron chi connectivity index (χ1n) is 7.18. The van der Waals surface area contributed by atoms with Gasteiger partial charge in [0, 0.05) is 23.7 Å². The van der Waals surface area contributed by atoms with Crippen LogP contribution in [0.25, 0.3) is 22.4 Å². The van der Waals surface area contributed by atoms with Crippen molar-refractivity contribution in [1.29, 1.82) is 0 Å². The van der Waals surface area contributed by atoms with E-state index in [1.807, 2.05) is 30.3 Å².